The number of aromatic nitrogens is 1. The lowest BCUT2D eigenvalue weighted by molar-refractivity contribution is -0.119. The van der Waals surface area contributed by atoms with Crippen LogP contribution in [0.3, 0.4) is 0 Å². The Kier molecular flexibility index (Phi) is 6.26. The van der Waals surface area contributed by atoms with Crippen molar-refractivity contribution in [2.75, 3.05) is 24.2 Å². The van der Waals surface area contributed by atoms with Crippen molar-refractivity contribution in [1.29, 1.82) is 0 Å². The van der Waals surface area contributed by atoms with Gasteiger partial charge in [-0.1, -0.05) is 5.16 Å². The van der Waals surface area contributed by atoms with Crippen molar-refractivity contribution in [2.24, 2.45) is 0 Å². The van der Waals surface area contributed by atoms with Crippen LogP contribution in [0.25, 0.3) is 0 Å². The second kappa shape index (κ2) is 8.19. The summed E-state index contributed by atoms with van der Waals surface area (Å²) in [5, 5.41) is 12.3. The van der Waals surface area contributed by atoms with Gasteiger partial charge in [0.05, 0.1) is 11.0 Å². The van der Waals surface area contributed by atoms with Crippen molar-refractivity contribution in [3.8, 4) is 0 Å². The van der Waals surface area contributed by atoms with Gasteiger partial charge in [0.1, 0.15) is 5.76 Å². The number of anilines is 1. The van der Waals surface area contributed by atoms with E-state index in [-0.39, 0.29) is 28.9 Å². The molecule has 2 rings (SSSR count). The molecule has 22 heavy (non-hydrogen) atoms. The number of aryl methyl sites for hydroxylation is 1. The summed E-state index contributed by atoms with van der Waals surface area (Å²) in [5.74, 6) is 1.08. The standard InChI is InChI=1S/C14H22N4O3S/c1-9-6-12(18-21-9)17-14(20)10(2)22-8-13(19)16-11-4-3-5-15-7-11/h6,10-11,15H,3-5,7-8H2,1-2H3,(H,16,19)(H,17,18,20). The van der Waals surface area contributed by atoms with Crippen molar-refractivity contribution in [1.82, 2.24) is 15.8 Å². The third-order valence-electron chi connectivity index (χ3n) is 3.37. The van der Waals surface area contributed by atoms with Crippen LogP contribution in [0.15, 0.2) is 10.6 Å². The van der Waals surface area contributed by atoms with Gasteiger partial charge in [-0.25, -0.2) is 0 Å². The number of amides is 2. The molecule has 1 aromatic heterocycles. The summed E-state index contributed by atoms with van der Waals surface area (Å²) in [6.07, 6.45) is 2.08. The summed E-state index contributed by atoms with van der Waals surface area (Å²) >= 11 is 1.30. The van der Waals surface area contributed by atoms with Gasteiger partial charge in [0.2, 0.25) is 11.8 Å². The predicted octanol–water partition coefficient (Wildman–Crippen LogP) is 0.911. The summed E-state index contributed by atoms with van der Waals surface area (Å²) in [6, 6.07) is 1.85. The normalized spacial score (nSPS) is 19.5. The van der Waals surface area contributed by atoms with E-state index in [0.29, 0.717) is 11.6 Å². The van der Waals surface area contributed by atoms with Crippen LogP contribution in [0, 0.1) is 6.92 Å². The number of rotatable bonds is 6. The monoisotopic (exact) mass is 326 g/mol. The second-order valence-electron chi connectivity index (χ2n) is 5.38. The Hall–Kier alpha value is -1.54. The van der Waals surface area contributed by atoms with E-state index in [9.17, 15) is 9.59 Å². The van der Waals surface area contributed by atoms with Crippen LogP contribution < -0.4 is 16.0 Å². The first-order valence-electron chi connectivity index (χ1n) is 7.40. The van der Waals surface area contributed by atoms with Crippen molar-refractivity contribution in [3.05, 3.63) is 11.8 Å². The molecule has 1 aromatic rings. The lowest BCUT2D eigenvalue weighted by Crippen LogP contribution is -2.46. The molecule has 2 heterocycles. The van der Waals surface area contributed by atoms with E-state index in [1.165, 1.54) is 11.8 Å². The maximum atomic E-state index is 12.0. The van der Waals surface area contributed by atoms with Crippen molar-refractivity contribution >= 4 is 29.4 Å². The number of hydrogen-bond acceptors (Lipinski definition) is 6. The van der Waals surface area contributed by atoms with Gasteiger partial charge in [-0.3, -0.25) is 9.59 Å². The molecule has 1 aliphatic rings. The number of piperidine rings is 1. The summed E-state index contributed by atoms with van der Waals surface area (Å²) in [5.41, 5.74) is 0. The Bertz CT molecular complexity index is 514. The number of carbonyl (C=O) groups is 2. The molecule has 0 aliphatic carbocycles. The minimum absolute atomic E-state index is 0.0318. The van der Waals surface area contributed by atoms with Crippen LogP contribution >= 0.6 is 11.8 Å². The molecule has 0 bridgehead atoms. The van der Waals surface area contributed by atoms with Crippen LogP contribution in [0.2, 0.25) is 0 Å². The molecular weight excluding hydrogens is 304 g/mol. The molecular formula is C14H22N4O3S. The summed E-state index contributed by atoms with van der Waals surface area (Å²) in [6.45, 7) is 5.35. The lowest BCUT2D eigenvalue weighted by Gasteiger charge is -2.23. The molecule has 2 amide bonds. The first kappa shape index (κ1) is 16.8. The molecule has 1 saturated heterocycles. The molecule has 0 radical (unpaired) electrons. The Morgan fingerprint density at radius 1 is 1.59 bits per heavy atom. The lowest BCUT2D eigenvalue weighted by atomic mass is 10.1. The van der Waals surface area contributed by atoms with Gasteiger partial charge < -0.3 is 20.5 Å². The first-order valence-corrected chi connectivity index (χ1v) is 8.45. The van der Waals surface area contributed by atoms with E-state index in [2.05, 4.69) is 21.1 Å². The Balaban J connectivity index is 1.68. The van der Waals surface area contributed by atoms with Gasteiger partial charge in [0.15, 0.2) is 5.82 Å². The molecule has 8 heteroatoms. The largest absolute Gasteiger partial charge is 0.360 e. The molecule has 2 atom stereocenters. The topological polar surface area (TPSA) is 96.3 Å². The van der Waals surface area contributed by atoms with Gasteiger partial charge in [-0.2, -0.15) is 0 Å². The molecule has 1 fully saturated rings. The van der Waals surface area contributed by atoms with Gasteiger partial charge in [0.25, 0.3) is 0 Å². The molecule has 2 unspecified atom stereocenters. The minimum Gasteiger partial charge on any atom is -0.360 e. The molecule has 0 spiro atoms. The first-order chi connectivity index (χ1) is 10.5. The van der Waals surface area contributed by atoms with Crippen molar-refractivity contribution < 1.29 is 14.1 Å². The highest BCUT2D eigenvalue weighted by Crippen LogP contribution is 2.14. The quantitative estimate of drug-likeness (QED) is 0.719. The average Bonchev–Trinajstić information content (AvgIpc) is 2.91. The highest BCUT2D eigenvalue weighted by Gasteiger charge is 2.19. The fourth-order valence-electron chi connectivity index (χ4n) is 2.17. The van der Waals surface area contributed by atoms with E-state index < -0.39 is 0 Å². The van der Waals surface area contributed by atoms with Crippen LogP contribution in [-0.2, 0) is 9.59 Å². The van der Waals surface area contributed by atoms with E-state index in [1.807, 2.05) is 0 Å². The third-order valence-corrected chi connectivity index (χ3v) is 4.52. The fourth-order valence-corrected chi connectivity index (χ4v) is 2.87. The van der Waals surface area contributed by atoms with Crippen molar-refractivity contribution in [3.63, 3.8) is 0 Å². The van der Waals surface area contributed by atoms with Gasteiger partial charge in [-0.05, 0) is 33.2 Å². The Labute approximate surface area is 134 Å². The Morgan fingerprint density at radius 3 is 3.05 bits per heavy atom. The molecule has 3 N–H and O–H groups in total. The summed E-state index contributed by atoms with van der Waals surface area (Å²) in [4.78, 5) is 23.9. The third kappa shape index (κ3) is 5.34. The van der Waals surface area contributed by atoms with E-state index in [1.54, 1.807) is 19.9 Å². The van der Waals surface area contributed by atoms with E-state index in [4.69, 9.17) is 4.52 Å². The van der Waals surface area contributed by atoms with E-state index in [0.717, 1.165) is 25.9 Å². The highest BCUT2D eigenvalue weighted by atomic mass is 32.2. The number of nitrogens with one attached hydrogen (secondary N) is 3. The minimum atomic E-state index is -0.341. The molecule has 7 nitrogen and oxygen atoms in total. The van der Waals surface area contributed by atoms with Gasteiger partial charge in [-0.15, -0.1) is 11.8 Å². The Morgan fingerprint density at radius 2 is 2.41 bits per heavy atom. The van der Waals surface area contributed by atoms with E-state index >= 15 is 0 Å². The van der Waals surface area contributed by atoms with Crippen LogP contribution in [0.5, 0.6) is 0 Å². The summed E-state index contributed by atoms with van der Waals surface area (Å²) in [7, 11) is 0. The zero-order valence-corrected chi connectivity index (χ0v) is 13.7. The maximum absolute atomic E-state index is 12.0. The van der Waals surface area contributed by atoms with Crippen molar-refractivity contribution in [2.45, 2.75) is 38.0 Å². The predicted molar refractivity (Wildman–Crippen MR) is 85.8 cm³/mol. The highest BCUT2D eigenvalue weighted by molar-refractivity contribution is 8.01. The second-order valence-corrected chi connectivity index (χ2v) is 6.71. The van der Waals surface area contributed by atoms with Gasteiger partial charge >= 0.3 is 0 Å². The summed E-state index contributed by atoms with van der Waals surface area (Å²) < 4.78 is 4.89. The smallest absolute Gasteiger partial charge is 0.238 e. The molecule has 0 saturated carbocycles. The number of thioether (sulfide) groups is 1. The number of nitrogens with zero attached hydrogens (tertiary/aromatic N) is 1. The van der Waals surface area contributed by atoms with Crippen LogP contribution in [0.1, 0.15) is 25.5 Å². The molecule has 122 valence electrons. The number of hydrogen-bond donors (Lipinski definition) is 3. The fraction of sp³-hybridized carbons (Fsp3) is 0.643. The van der Waals surface area contributed by atoms with Crippen LogP contribution in [0.4, 0.5) is 5.82 Å². The molecule has 0 aromatic carbocycles. The van der Waals surface area contributed by atoms with Crippen LogP contribution in [-0.4, -0.2) is 47.1 Å². The maximum Gasteiger partial charge on any atom is 0.238 e. The zero-order valence-electron chi connectivity index (χ0n) is 12.8. The number of carbonyl (C=O) groups excluding carboxylic acids is 2. The van der Waals surface area contributed by atoms with Gasteiger partial charge in [0, 0.05) is 18.7 Å². The average molecular weight is 326 g/mol. The zero-order chi connectivity index (χ0) is 15.9. The SMILES string of the molecule is Cc1cc(NC(=O)C(C)SCC(=O)NC2CCCNC2)no1. The molecule has 1 aliphatic heterocycles.